The van der Waals surface area contributed by atoms with Crippen LogP contribution in [0.5, 0.6) is 0 Å². The summed E-state index contributed by atoms with van der Waals surface area (Å²) < 4.78 is 5.67. The maximum atomic E-state index is 11.6. The number of likely N-dealkylation sites (tertiary alicyclic amines) is 1. The molecule has 1 N–H and O–H groups in total. The number of nitrogens with one attached hydrogen (secondary N) is 1. The Morgan fingerprint density at radius 1 is 1.50 bits per heavy atom. The van der Waals surface area contributed by atoms with Crippen LogP contribution >= 0.6 is 0 Å². The highest BCUT2D eigenvalue weighted by Crippen LogP contribution is 2.17. The molecule has 2 saturated heterocycles. The van der Waals surface area contributed by atoms with Gasteiger partial charge in [0.25, 0.3) is 5.91 Å². The maximum absolute atomic E-state index is 11.6. The van der Waals surface area contributed by atoms with Crippen LogP contribution in [0.15, 0.2) is 0 Å². The minimum absolute atomic E-state index is 0.154. The van der Waals surface area contributed by atoms with Crippen LogP contribution in [0, 0.1) is 5.92 Å². The molecule has 0 saturated carbocycles. The molecule has 2 atom stereocenters. The van der Waals surface area contributed by atoms with Gasteiger partial charge < -0.3 is 15.0 Å². The lowest BCUT2D eigenvalue weighted by atomic mass is 9.97. The van der Waals surface area contributed by atoms with Crippen LogP contribution < -0.4 is 5.32 Å². The lowest BCUT2D eigenvalue weighted by molar-refractivity contribution is -0.136. The van der Waals surface area contributed by atoms with E-state index in [1.807, 2.05) is 7.05 Å². The zero-order valence-corrected chi connectivity index (χ0v) is 10.1. The Balaban J connectivity index is 1.62. The van der Waals surface area contributed by atoms with Gasteiger partial charge in [-0.3, -0.25) is 4.79 Å². The maximum Gasteiger partial charge on any atom is 0.251 e. The van der Waals surface area contributed by atoms with Crippen LogP contribution in [-0.4, -0.2) is 50.2 Å². The zero-order chi connectivity index (χ0) is 11.4. The van der Waals surface area contributed by atoms with Crippen molar-refractivity contribution in [1.82, 2.24) is 10.2 Å². The van der Waals surface area contributed by atoms with Gasteiger partial charge in [-0.05, 0) is 38.3 Å². The molecule has 0 spiro atoms. The average molecular weight is 226 g/mol. The molecule has 1 amide bonds. The van der Waals surface area contributed by atoms with Crippen molar-refractivity contribution in [3.63, 3.8) is 0 Å². The van der Waals surface area contributed by atoms with Crippen molar-refractivity contribution < 1.29 is 9.53 Å². The van der Waals surface area contributed by atoms with Gasteiger partial charge in [0, 0.05) is 26.6 Å². The number of hydrogen-bond donors (Lipinski definition) is 1. The van der Waals surface area contributed by atoms with Gasteiger partial charge in [0.05, 0.1) is 0 Å². The number of amides is 1. The van der Waals surface area contributed by atoms with E-state index in [0.29, 0.717) is 0 Å². The summed E-state index contributed by atoms with van der Waals surface area (Å²) in [6.07, 6.45) is 4.35. The van der Waals surface area contributed by atoms with Crippen molar-refractivity contribution in [3.8, 4) is 0 Å². The molecule has 0 aromatic carbocycles. The molecule has 16 heavy (non-hydrogen) atoms. The first kappa shape index (κ1) is 11.9. The third-order valence-electron chi connectivity index (χ3n) is 3.62. The number of piperidine rings is 1. The van der Waals surface area contributed by atoms with Gasteiger partial charge in [0.15, 0.2) is 0 Å². The van der Waals surface area contributed by atoms with Crippen LogP contribution in [0.3, 0.4) is 0 Å². The summed E-state index contributed by atoms with van der Waals surface area (Å²) >= 11 is 0. The molecule has 0 radical (unpaired) electrons. The number of nitrogens with zero attached hydrogens (tertiary/aromatic N) is 1. The molecule has 2 aliphatic rings. The fourth-order valence-corrected chi connectivity index (χ4v) is 2.49. The minimum Gasteiger partial charge on any atom is -0.368 e. The van der Waals surface area contributed by atoms with Crippen LogP contribution in [0.2, 0.25) is 0 Å². The number of likely N-dealkylation sites (N-methyl/N-ethyl adjacent to an activating group) is 1. The lowest BCUT2D eigenvalue weighted by Crippen LogP contribution is -2.31. The second kappa shape index (κ2) is 5.64. The minimum atomic E-state index is -0.165. The smallest absolute Gasteiger partial charge is 0.251 e. The van der Waals surface area contributed by atoms with Crippen molar-refractivity contribution in [2.45, 2.75) is 31.8 Å². The van der Waals surface area contributed by atoms with E-state index in [9.17, 15) is 4.79 Å². The molecule has 0 aromatic rings. The Hall–Kier alpha value is -0.610. The van der Waals surface area contributed by atoms with Gasteiger partial charge in [-0.2, -0.15) is 0 Å². The monoisotopic (exact) mass is 226 g/mol. The van der Waals surface area contributed by atoms with Crippen LogP contribution in [0.25, 0.3) is 0 Å². The number of carbonyl (C=O) groups is 1. The quantitative estimate of drug-likeness (QED) is 0.764. The first-order valence-electron chi connectivity index (χ1n) is 6.34. The van der Waals surface area contributed by atoms with Gasteiger partial charge in [-0.1, -0.05) is 0 Å². The van der Waals surface area contributed by atoms with E-state index in [0.717, 1.165) is 45.0 Å². The molecule has 0 aromatic heterocycles. The van der Waals surface area contributed by atoms with E-state index < -0.39 is 0 Å². The summed E-state index contributed by atoms with van der Waals surface area (Å²) in [5.74, 6) is 0.893. The molecule has 2 heterocycles. The summed E-state index contributed by atoms with van der Waals surface area (Å²) in [6, 6.07) is 0. The van der Waals surface area contributed by atoms with Crippen molar-refractivity contribution in [2.24, 2.45) is 5.92 Å². The van der Waals surface area contributed by atoms with Gasteiger partial charge in [0.1, 0.15) is 6.10 Å². The first-order valence-corrected chi connectivity index (χ1v) is 6.34. The Kier molecular flexibility index (Phi) is 4.18. The summed E-state index contributed by atoms with van der Waals surface area (Å²) in [4.78, 5) is 13.3. The molecule has 2 rings (SSSR count). The van der Waals surface area contributed by atoms with E-state index in [1.54, 1.807) is 4.90 Å². The molecule has 92 valence electrons. The second-order valence-corrected chi connectivity index (χ2v) is 4.91. The van der Waals surface area contributed by atoms with Crippen LogP contribution in [-0.2, 0) is 9.53 Å². The molecule has 4 nitrogen and oxygen atoms in total. The fourth-order valence-electron chi connectivity index (χ4n) is 2.49. The SMILES string of the molecule is CN1CCC(OCCC2CCCNC2)C1=O. The van der Waals surface area contributed by atoms with Gasteiger partial charge in [-0.15, -0.1) is 0 Å². The second-order valence-electron chi connectivity index (χ2n) is 4.91. The highest BCUT2D eigenvalue weighted by molar-refractivity contribution is 5.82. The number of hydrogen-bond acceptors (Lipinski definition) is 3. The summed E-state index contributed by atoms with van der Waals surface area (Å²) in [7, 11) is 1.84. The Bertz CT molecular complexity index is 239. The fraction of sp³-hybridized carbons (Fsp3) is 0.917. The summed E-state index contributed by atoms with van der Waals surface area (Å²) in [5, 5.41) is 3.40. The molecule has 2 aliphatic heterocycles. The first-order chi connectivity index (χ1) is 7.77. The normalized spacial score (nSPS) is 31.1. The van der Waals surface area contributed by atoms with Crippen molar-refractivity contribution >= 4 is 5.91 Å². The molecular weight excluding hydrogens is 204 g/mol. The molecule has 0 bridgehead atoms. The number of rotatable bonds is 4. The number of carbonyl (C=O) groups excluding carboxylic acids is 1. The van der Waals surface area contributed by atoms with Crippen LogP contribution in [0.4, 0.5) is 0 Å². The standard InChI is InChI=1S/C12H22N2O2/c1-14-7-4-11(12(14)15)16-8-5-10-3-2-6-13-9-10/h10-11,13H,2-9H2,1H3. The largest absolute Gasteiger partial charge is 0.368 e. The molecule has 2 fully saturated rings. The van der Waals surface area contributed by atoms with Crippen molar-refractivity contribution in [2.75, 3.05) is 33.3 Å². The van der Waals surface area contributed by atoms with Gasteiger partial charge >= 0.3 is 0 Å². The van der Waals surface area contributed by atoms with Crippen molar-refractivity contribution in [3.05, 3.63) is 0 Å². The molecule has 0 aliphatic carbocycles. The molecule has 2 unspecified atom stereocenters. The third-order valence-corrected chi connectivity index (χ3v) is 3.62. The predicted molar refractivity (Wildman–Crippen MR) is 62.2 cm³/mol. The topological polar surface area (TPSA) is 41.6 Å². The Morgan fingerprint density at radius 3 is 3.00 bits per heavy atom. The van der Waals surface area contributed by atoms with E-state index in [1.165, 1.54) is 12.8 Å². The summed E-state index contributed by atoms with van der Waals surface area (Å²) in [5.41, 5.74) is 0. The highest BCUT2D eigenvalue weighted by Gasteiger charge is 2.29. The van der Waals surface area contributed by atoms with Gasteiger partial charge in [0.2, 0.25) is 0 Å². The summed E-state index contributed by atoms with van der Waals surface area (Å²) in [6.45, 7) is 3.84. The Morgan fingerprint density at radius 2 is 2.38 bits per heavy atom. The molecule has 4 heteroatoms. The van der Waals surface area contributed by atoms with Crippen molar-refractivity contribution in [1.29, 1.82) is 0 Å². The van der Waals surface area contributed by atoms with E-state index in [-0.39, 0.29) is 12.0 Å². The predicted octanol–water partition coefficient (Wildman–Crippen LogP) is 0.623. The highest BCUT2D eigenvalue weighted by atomic mass is 16.5. The Labute approximate surface area is 97.3 Å². The van der Waals surface area contributed by atoms with Crippen LogP contribution in [0.1, 0.15) is 25.7 Å². The molecular formula is C12H22N2O2. The van der Waals surface area contributed by atoms with E-state index >= 15 is 0 Å². The number of ether oxygens (including phenoxy) is 1. The third kappa shape index (κ3) is 2.95. The zero-order valence-electron chi connectivity index (χ0n) is 10.1. The average Bonchev–Trinajstić information content (AvgIpc) is 2.62. The van der Waals surface area contributed by atoms with E-state index in [2.05, 4.69) is 5.32 Å². The van der Waals surface area contributed by atoms with E-state index in [4.69, 9.17) is 4.74 Å². The van der Waals surface area contributed by atoms with Gasteiger partial charge in [-0.25, -0.2) is 0 Å². The lowest BCUT2D eigenvalue weighted by Gasteiger charge is -2.23.